The van der Waals surface area contributed by atoms with Crippen molar-refractivity contribution in [1.29, 1.82) is 0 Å². The number of carbonyl (C=O) groups is 2. The SMILES string of the molecule is O=C(O)Cn1c(CCNC(=O)C(F)(F)F)nc2ccccc21. The standard InChI is InChI=1S/C13H12F3N3O3/c14-13(15,16)12(22)17-6-5-10-18-8-3-1-2-4-9(8)19(10)7-11(20)21/h1-4H,5-7H2,(H,17,22)(H,20,21). The third-order valence-electron chi connectivity index (χ3n) is 2.92. The van der Waals surface area contributed by atoms with Gasteiger partial charge < -0.3 is 15.0 Å². The van der Waals surface area contributed by atoms with E-state index in [2.05, 4.69) is 4.98 Å². The number of carbonyl (C=O) groups excluding carboxylic acids is 1. The van der Waals surface area contributed by atoms with E-state index in [4.69, 9.17) is 5.11 Å². The molecule has 2 rings (SSSR count). The van der Waals surface area contributed by atoms with Crippen molar-refractivity contribution >= 4 is 22.9 Å². The lowest BCUT2D eigenvalue weighted by atomic mass is 10.3. The van der Waals surface area contributed by atoms with Gasteiger partial charge in [0.05, 0.1) is 11.0 Å². The summed E-state index contributed by atoms with van der Waals surface area (Å²) in [6, 6.07) is 6.77. The van der Waals surface area contributed by atoms with Gasteiger partial charge in [0.25, 0.3) is 0 Å². The number of nitrogens with one attached hydrogen (secondary N) is 1. The molecule has 1 amide bonds. The van der Waals surface area contributed by atoms with Crippen LogP contribution in [0.3, 0.4) is 0 Å². The number of carboxylic acids is 1. The Hall–Kier alpha value is -2.58. The summed E-state index contributed by atoms with van der Waals surface area (Å²) in [6.45, 7) is -0.648. The molecule has 9 heteroatoms. The van der Waals surface area contributed by atoms with Crippen LogP contribution in [0.15, 0.2) is 24.3 Å². The highest BCUT2D eigenvalue weighted by molar-refractivity contribution is 5.81. The molecule has 2 N–H and O–H groups in total. The van der Waals surface area contributed by atoms with Gasteiger partial charge in [0.15, 0.2) is 0 Å². The molecule has 2 aromatic rings. The Morgan fingerprint density at radius 2 is 1.95 bits per heavy atom. The van der Waals surface area contributed by atoms with Gasteiger partial charge in [-0.25, -0.2) is 4.98 Å². The van der Waals surface area contributed by atoms with Crippen LogP contribution in [0, 0.1) is 0 Å². The van der Waals surface area contributed by atoms with E-state index in [1.165, 1.54) is 4.57 Å². The molecule has 0 radical (unpaired) electrons. The first kappa shape index (κ1) is 15.8. The predicted octanol–water partition coefficient (Wildman–Crippen LogP) is 1.34. The molecule has 0 saturated heterocycles. The van der Waals surface area contributed by atoms with Gasteiger partial charge in [0, 0.05) is 13.0 Å². The zero-order chi connectivity index (χ0) is 16.3. The Labute approximate surface area is 122 Å². The van der Waals surface area contributed by atoms with E-state index >= 15 is 0 Å². The highest BCUT2D eigenvalue weighted by atomic mass is 19.4. The molecule has 0 bridgehead atoms. The fourth-order valence-corrected chi connectivity index (χ4v) is 2.02. The van der Waals surface area contributed by atoms with Gasteiger partial charge in [-0.05, 0) is 12.1 Å². The smallest absolute Gasteiger partial charge is 0.471 e. The molecule has 0 unspecified atom stereocenters. The third kappa shape index (κ3) is 3.54. The molecule has 22 heavy (non-hydrogen) atoms. The molecule has 1 aromatic carbocycles. The Bertz CT molecular complexity index is 709. The lowest BCUT2D eigenvalue weighted by Crippen LogP contribution is -2.38. The summed E-state index contributed by atoms with van der Waals surface area (Å²) in [5, 5.41) is 10.7. The first-order chi connectivity index (χ1) is 10.3. The van der Waals surface area contributed by atoms with Crippen molar-refractivity contribution in [2.75, 3.05) is 6.54 Å². The molecule has 1 aromatic heterocycles. The predicted molar refractivity (Wildman–Crippen MR) is 70.1 cm³/mol. The second-order valence-corrected chi connectivity index (χ2v) is 4.50. The summed E-state index contributed by atoms with van der Waals surface area (Å²) in [7, 11) is 0. The Kier molecular flexibility index (Phi) is 4.34. The van der Waals surface area contributed by atoms with E-state index in [0.717, 1.165) is 0 Å². The third-order valence-corrected chi connectivity index (χ3v) is 2.92. The number of amides is 1. The Morgan fingerprint density at radius 1 is 1.27 bits per heavy atom. The number of halogens is 3. The van der Waals surface area contributed by atoms with Crippen molar-refractivity contribution in [3.63, 3.8) is 0 Å². The Balaban J connectivity index is 2.16. The summed E-state index contributed by atoms with van der Waals surface area (Å²) in [6.07, 6.45) is -4.95. The molecule has 0 spiro atoms. The molecule has 0 fully saturated rings. The topological polar surface area (TPSA) is 84.2 Å². The normalized spacial score (nSPS) is 11.6. The van der Waals surface area contributed by atoms with Gasteiger partial charge in [-0.1, -0.05) is 12.1 Å². The van der Waals surface area contributed by atoms with Crippen LogP contribution < -0.4 is 5.32 Å². The monoisotopic (exact) mass is 315 g/mol. The van der Waals surface area contributed by atoms with E-state index in [1.807, 2.05) is 0 Å². The number of aliphatic carboxylic acids is 1. The molecular formula is C13H12F3N3O3. The van der Waals surface area contributed by atoms with Crippen LogP contribution in [0.4, 0.5) is 13.2 Å². The van der Waals surface area contributed by atoms with Crippen LogP contribution >= 0.6 is 0 Å². The Morgan fingerprint density at radius 3 is 2.59 bits per heavy atom. The van der Waals surface area contributed by atoms with Gasteiger partial charge in [-0.3, -0.25) is 9.59 Å². The minimum atomic E-state index is -4.94. The quantitative estimate of drug-likeness (QED) is 0.872. The number of benzene rings is 1. The molecule has 6 nitrogen and oxygen atoms in total. The van der Waals surface area contributed by atoms with E-state index in [9.17, 15) is 22.8 Å². The number of aromatic nitrogens is 2. The average Bonchev–Trinajstić information content (AvgIpc) is 2.75. The number of alkyl halides is 3. The van der Waals surface area contributed by atoms with E-state index in [1.54, 1.807) is 29.6 Å². The van der Waals surface area contributed by atoms with Gasteiger partial charge >= 0.3 is 18.1 Å². The lowest BCUT2D eigenvalue weighted by molar-refractivity contribution is -0.173. The molecule has 1 heterocycles. The number of carboxylic acid groups (broad SMARTS) is 1. The molecule has 0 saturated carbocycles. The average molecular weight is 315 g/mol. The number of hydrogen-bond donors (Lipinski definition) is 2. The number of para-hydroxylation sites is 2. The summed E-state index contributed by atoms with van der Waals surface area (Å²) in [5.74, 6) is -2.83. The number of nitrogens with zero attached hydrogens (tertiary/aromatic N) is 2. The minimum absolute atomic E-state index is 0.0101. The highest BCUT2D eigenvalue weighted by Crippen LogP contribution is 2.17. The lowest BCUT2D eigenvalue weighted by Gasteiger charge is -2.09. The van der Waals surface area contributed by atoms with Crippen molar-refractivity contribution in [2.45, 2.75) is 19.1 Å². The maximum Gasteiger partial charge on any atom is 0.471 e. The van der Waals surface area contributed by atoms with Crippen LogP contribution in [0.1, 0.15) is 5.82 Å². The number of fused-ring (bicyclic) bond motifs is 1. The van der Waals surface area contributed by atoms with Crippen LogP contribution in [-0.4, -0.2) is 39.3 Å². The van der Waals surface area contributed by atoms with Crippen molar-refractivity contribution in [2.24, 2.45) is 0 Å². The van der Waals surface area contributed by atoms with Gasteiger partial charge in [0.1, 0.15) is 12.4 Å². The summed E-state index contributed by atoms with van der Waals surface area (Å²) in [4.78, 5) is 25.8. The highest BCUT2D eigenvalue weighted by Gasteiger charge is 2.38. The van der Waals surface area contributed by atoms with E-state index < -0.39 is 18.1 Å². The van der Waals surface area contributed by atoms with Crippen LogP contribution in [0.25, 0.3) is 11.0 Å². The van der Waals surface area contributed by atoms with Gasteiger partial charge in [-0.15, -0.1) is 0 Å². The minimum Gasteiger partial charge on any atom is -0.480 e. The summed E-state index contributed by atoms with van der Waals surface area (Å²) in [5.41, 5.74) is 1.11. The molecule has 118 valence electrons. The summed E-state index contributed by atoms with van der Waals surface area (Å²) < 4.78 is 37.6. The first-order valence-corrected chi connectivity index (χ1v) is 6.30. The number of rotatable bonds is 5. The van der Waals surface area contributed by atoms with Crippen LogP contribution in [-0.2, 0) is 22.6 Å². The van der Waals surface area contributed by atoms with Crippen LogP contribution in [0.5, 0.6) is 0 Å². The maximum absolute atomic E-state index is 12.1. The van der Waals surface area contributed by atoms with Crippen molar-refractivity contribution < 1.29 is 27.9 Å². The van der Waals surface area contributed by atoms with Crippen LogP contribution in [0.2, 0.25) is 0 Å². The molecule has 0 aliphatic heterocycles. The summed E-state index contributed by atoms with van der Waals surface area (Å²) >= 11 is 0. The zero-order valence-electron chi connectivity index (χ0n) is 11.2. The van der Waals surface area contributed by atoms with Gasteiger partial charge in [0.2, 0.25) is 0 Å². The first-order valence-electron chi connectivity index (χ1n) is 6.30. The van der Waals surface area contributed by atoms with Crippen molar-refractivity contribution in [3.05, 3.63) is 30.1 Å². The van der Waals surface area contributed by atoms with Crippen molar-refractivity contribution in [3.8, 4) is 0 Å². The fraction of sp³-hybridized carbons (Fsp3) is 0.308. The van der Waals surface area contributed by atoms with E-state index in [-0.39, 0.29) is 19.5 Å². The second kappa shape index (κ2) is 6.04. The molecule has 0 aliphatic rings. The number of hydrogen-bond acceptors (Lipinski definition) is 3. The largest absolute Gasteiger partial charge is 0.480 e. The maximum atomic E-state index is 12.1. The fourth-order valence-electron chi connectivity index (χ4n) is 2.02. The zero-order valence-corrected chi connectivity index (χ0v) is 11.2. The number of imidazole rings is 1. The molecule has 0 atom stereocenters. The molecule has 0 aliphatic carbocycles. The molecular weight excluding hydrogens is 303 g/mol. The van der Waals surface area contributed by atoms with Gasteiger partial charge in [-0.2, -0.15) is 13.2 Å². The second-order valence-electron chi connectivity index (χ2n) is 4.50. The van der Waals surface area contributed by atoms with Crippen molar-refractivity contribution in [1.82, 2.24) is 14.9 Å². The van der Waals surface area contributed by atoms with E-state index in [0.29, 0.717) is 16.9 Å².